The predicted molar refractivity (Wildman–Crippen MR) is 95.0 cm³/mol. The topological polar surface area (TPSA) is 90.5 Å². The van der Waals surface area contributed by atoms with Gasteiger partial charge in [-0.05, 0) is 38.2 Å². The number of rotatable bonds is 6. The molecule has 0 aromatic carbocycles. The summed E-state index contributed by atoms with van der Waals surface area (Å²) < 4.78 is 0. The Labute approximate surface area is 148 Å². The van der Waals surface area contributed by atoms with Crippen molar-refractivity contribution in [1.82, 2.24) is 9.88 Å². The van der Waals surface area contributed by atoms with E-state index in [0.29, 0.717) is 36.3 Å². The van der Waals surface area contributed by atoms with Gasteiger partial charge < -0.3 is 15.0 Å². The molecule has 1 aromatic heterocycles. The van der Waals surface area contributed by atoms with Crippen LogP contribution in [0.5, 0.6) is 0 Å². The Kier molecular flexibility index (Phi) is 5.40. The minimum Gasteiger partial charge on any atom is -0.481 e. The largest absolute Gasteiger partial charge is 0.481 e. The highest BCUT2D eigenvalue weighted by Gasteiger charge is 2.49. The van der Waals surface area contributed by atoms with Crippen LogP contribution in [-0.2, 0) is 11.2 Å². The summed E-state index contributed by atoms with van der Waals surface area (Å²) in [6.07, 6.45) is 1.92. The summed E-state index contributed by atoms with van der Waals surface area (Å²) in [4.78, 5) is 41.5. The molecule has 1 saturated heterocycles. The number of likely N-dealkylation sites (tertiary alicyclic amines) is 1. The van der Waals surface area contributed by atoms with E-state index in [1.54, 1.807) is 11.8 Å². The minimum absolute atomic E-state index is 0.0558. The molecule has 138 valence electrons. The van der Waals surface area contributed by atoms with Gasteiger partial charge in [-0.2, -0.15) is 0 Å². The first-order chi connectivity index (χ1) is 11.7. The molecule has 0 aliphatic carbocycles. The van der Waals surface area contributed by atoms with E-state index >= 15 is 0 Å². The molecule has 0 radical (unpaired) electrons. The summed E-state index contributed by atoms with van der Waals surface area (Å²) in [5.41, 5.74) is 1.60. The van der Waals surface area contributed by atoms with Crippen LogP contribution in [0.2, 0.25) is 0 Å². The van der Waals surface area contributed by atoms with Crippen molar-refractivity contribution in [3.8, 4) is 0 Å². The molecular formula is C19H28N2O4. The van der Waals surface area contributed by atoms with E-state index in [0.717, 1.165) is 12.0 Å². The van der Waals surface area contributed by atoms with Gasteiger partial charge in [0.2, 0.25) is 0 Å². The Morgan fingerprint density at radius 2 is 1.96 bits per heavy atom. The number of carbonyl (C=O) groups excluding carboxylic acids is 2. The Hall–Kier alpha value is -2.11. The monoisotopic (exact) mass is 348 g/mol. The number of ketones is 1. The first-order valence-corrected chi connectivity index (χ1v) is 8.90. The van der Waals surface area contributed by atoms with E-state index in [9.17, 15) is 19.5 Å². The first-order valence-electron chi connectivity index (χ1n) is 8.90. The number of nitrogens with zero attached hydrogens (tertiary/aromatic N) is 1. The number of aromatic nitrogens is 1. The molecule has 0 bridgehead atoms. The summed E-state index contributed by atoms with van der Waals surface area (Å²) in [6.45, 7) is 9.71. The van der Waals surface area contributed by atoms with Gasteiger partial charge in [0.05, 0.1) is 5.41 Å². The van der Waals surface area contributed by atoms with Gasteiger partial charge in [-0.15, -0.1) is 0 Å². The highest BCUT2D eigenvalue weighted by atomic mass is 16.4. The lowest BCUT2D eigenvalue weighted by Crippen LogP contribution is -2.40. The van der Waals surface area contributed by atoms with Gasteiger partial charge in [0, 0.05) is 24.3 Å². The smallest absolute Gasteiger partial charge is 0.311 e. The summed E-state index contributed by atoms with van der Waals surface area (Å²) >= 11 is 0. The number of carboxylic acid groups (broad SMARTS) is 1. The molecule has 1 aliphatic heterocycles. The first kappa shape index (κ1) is 19.2. The lowest BCUT2D eigenvalue weighted by Gasteiger charge is -2.28. The number of Topliss-reactive ketones (excluding diaryl/α,β-unsaturated/α-hetero) is 1. The summed E-state index contributed by atoms with van der Waals surface area (Å²) in [5.74, 6) is -1.17. The average molecular weight is 348 g/mol. The fraction of sp³-hybridized carbons (Fsp3) is 0.632. The molecule has 1 fully saturated rings. The van der Waals surface area contributed by atoms with Gasteiger partial charge in [-0.3, -0.25) is 14.4 Å². The van der Waals surface area contributed by atoms with Crippen molar-refractivity contribution in [2.45, 2.75) is 53.9 Å². The second-order valence-electron chi connectivity index (χ2n) is 7.38. The fourth-order valence-corrected chi connectivity index (χ4v) is 3.89. The van der Waals surface area contributed by atoms with Gasteiger partial charge in [-0.1, -0.05) is 27.2 Å². The van der Waals surface area contributed by atoms with E-state index < -0.39 is 11.4 Å². The van der Waals surface area contributed by atoms with E-state index in [1.165, 1.54) is 6.92 Å². The zero-order chi connectivity index (χ0) is 18.9. The quantitative estimate of drug-likeness (QED) is 0.773. The number of carbonyl (C=O) groups is 3. The zero-order valence-corrected chi connectivity index (χ0v) is 15.7. The van der Waals surface area contributed by atoms with Crippen molar-refractivity contribution < 1.29 is 19.5 Å². The van der Waals surface area contributed by atoms with Crippen molar-refractivity contribution in [3.63, 3.8) is 0 Å². The molecule has 1 aliphatic rings. The Balaban J connectivity index is 2.38. The normalized spacial score (nSPS) is 20.3. The molecule has 6 heteroatoms. The lowest BCUT2D eigenvalue weighted by molar-refractivity contribution is -0.150. The number of aryl methyl sites for hydroxylation is 1. The molecule has 1 atom stereocenters. The van der Waals surface area contributed by atoms with Crippen LogP contribution in [0.4, 0.5) is 0 Å². The van der Waals surface area contributed by atoms with Gasteiger partial charge in [0.15, 0.2) is 5.78 Å². The standard InChI is InChI=1S/C19H28N2O4/c1-6-7-14-15(13(5)22)12(4)20-16(14)17(23)21-9-8-19(10-21,11(2)3)18(24)25/h11,20H,6-10H2,1-5H3,(H,24,25). The lowest BCUT2D eigenvalue weighted by atomic mass is 9.76. The highest BCUT2D eigenvalue weighted by molar-refractivity contribution is 6.03. The maximum Gasteiger partial charge on any atom is 0.311 e. The molecule has 1 aromatic rings. The van der Waals surface area contributed by atoms with Crippen LogP contribution in [-0.4, -0.2) is 45.7 Å². The molecule has 2 heterocycles. The highest BCUT2D eigenvalue weighted by Crippen LogP contribution is 2.39. The number of amides is 1. The molecule has 1 amide bonds. The SMILES string of the molecule is CCCc1c(C(=O)N2CCC(C(=O)O)(C(C)C)C2)[nH]c(C)c1C(C)=O. The Bertz CT molecular complexity index is 705. The van der Waals surface area contributed by atoms with Crippen LogP contribution < -0.4 is 0 Å². The number of aliphatic carboxylic acids is 1. The van der Waals surface area contributed by atoms with Crippen molar-refractivity contribution in [1.29, 1.82) is 0 Å². The maximum absolute atomic E-state index is 13.1. The molecular weight excluding hydrogens is 320 g/mol. The number of aromatic amines is 1. The van der Waals surface area contributed by atoms with Crippen LogP contribution in [0.3, 0.4) is 0 Å². The molecule has 25 heavy (non-hydrogen) atoms. The molecule has 6 nitrogen and oxygen atoms in total. The van der Waals surface area contributed by atoms with Crippen LogP contribution in [0, 0.1) is 18.3 Å². The molecule has 0 saturated carbocycles. The van der Waals surface area contributed by atoms with Crippen molar-refractivity contribution in [3.05, 3.63) is 22.5 Å². The van der Waals surface area contributed by atoms with Crippen LogP contribution in [0.15, 0.2) is 0 Å². The second-order valence-corrected chi connectivity index (χ2v) is 7.38. The zero-order valence-electron chi connectivity index (χ0n) is 15.7. The second kappa shape index (κ2) is 7.02. The van der Waals surface area contributed by atoms with E-state index in [-0.39, 0.29) is 24.2 Å². The molecule has 2 N–H and O–H groups in total. The van der Waals surface area contributed by atoms with Crippen LogP contribution in [0.25, 0.3) is 0 Å². The minimum atomic E-state index is -0.897. The summed E-state index contributed by atoms with van der Waals surface area (Å²) in [6, 6.07) is 0. The van der Waals surface area contributed by atoms with E-state index in [2.05, 4.69) is 4.98 Å². The van der Waals surface area contributed by atoms with Crippen molar-refractivity contribution >= 4 is 17.7 Å². The molecule has 0 spiro atoms. The summed E-state index contributed by atoms with van der Waals surface area (Å²) in [5, 5.41) is 9.67. The van der Waals surface area contributed by atoms with Crippen LogP contribution >= 0.6 is 0 Å². The molecule has 2 rings (SSSR count). The average Bonchev–Trinajstić information content (AvgIpc) is 3.10. The van der Waals surface area contributed by atoms with Gasteiger partial charge in [0.25, 0.3) is 5.91 Å². The third-order valence-corrected chi connectivity index (χ3v) is 5.48. The fourth-order valence-electron chi connectivity index (χ4n) is 3.89. The number of hydrogen-bond donors (Lipinski definition) is 2. The Morgan fingerprint density at radius 1 is 1.32 bits per heavy atom. The third kappa shape index (κ3) is 3.22. The van der Waals surface area contributed by atoms with Gasteiger partial charge in [-0.25, -0.2) is 0 Å². The van der Waals surface area contributed by atoms with Gasteiger partial charge in [0.1, 0.15) is 5.69 Å². The van der Waals surface area contributed by atoms with Crippen molar-refractivity contribution in [2.75, 3.05) is 13.1 Å². The summed E-state index contributed by atoms with van der Waals surface area (Å²) in [7, 11) is 0. The maximum atomic E-state index is 13.1. The van der Waals surface area contributed by atoms with Crippen LogP contribution in [0.1, 0.15) is 72.6 Å². The van der Waals surface area contributed by atoms with E-state index in [1.807, 2.05) is 20.8 Å². The number of hydrogen-bond acceptors (Lipinski definition) is 3. The van der Waals surface area contributed by atoms with E-state index in [4.69, 9.17) is 0 Å². The predicted octanol–water partition coefficient (Wildman–Crippen LogP) is 3.05. The van der Waals surface area contributed by atoms with Gasteiger partial charge >= 0.3 is 5.97 Å². The number of nitrogens with one attached hydrogen (secondary N) is 1. The number of H-pyrrole nitrogens is 1. The third-order valence-electron chi connectivity index (χ3n) is 5.48. The Morgan fingerprint density at radius 3 is 2.40 bits per heavy atom. The number of carboxylic acids is 1. The van der Waals surface area contributed by atoms with Crippen molar-refractivity contribution in [2.24, 2.45) is 11.3 Å². The molecule has 1 unspecified atom stereocenters.